The quantitative estimate of drug-likeness (QED) is 0.382. The Morgan fingerprint density at radius 2 is 1.79 bits per heavy atom. The minimum Gasteiger partial charge on any atom is -0.466 e. The molecule has 0 aliphatic rings. The number of hydrogen-bond donors (Lipinski definition) is 0. The van der Waals surface area contributed by atoms with Crippen LogP contribution >= 0.6 is 0 Å². The van der Waals surface area contributed by atoms with Gasteiger partial charge in [-0.1, -0.05) is 5.92 Å². The van der Waals surface area contributed by atoms with Gasteiger partial charge in [0.05, 0.1) is 19.6 Å². The van der Waals surface area contributed by atoms with E-state index in [1.165, 1.54) is 0 Å². The number of hydrogen-bond acceptors (Lipinski definition) is 4. The average molecular weight is 198 g/mol. The van der Waals surface area contributed by atoms with E-state index in [9.17, 15) is 9.59 Å². The lowest BCUT2D eigenvalue weighted by molar-refractivity contribution is -0.143. The highest BCUT2D eigenvalue weighted by atomic mass is 16.5. The molecule has 0 saturated heterocycles. The number of ether oxygens (including phenoxy) is 2. The standard InChI is InChI=1S/C10H14O4/c1-3-13-9(11)7-5-6-8-10(12)14-4-2/h3-5,7H2,1-2H3. The van der Waals surface area contributed by atoms with E-state index >= 15 is 0 Å². The molecule has 0 unspecified atom stereocenters. The Kier molecular flexibility index (Phi) is 7.24. The van der Waals surface area contributed by atoms with Crippen LogP contribution in [0.25, 0.3) is 0 Å². The van der Waals surface area contributed by atoms with Gasteiger partial charge in [-0.25, -0.2) is 4.79 Å². The van der Waals surface area contributed by atoms with Gasteiger partial charge in [0, 0.05) is 12.3 Å². The van der Waals surface area contributed by atoms with E-state index in [1.54, 1.807) is 13.8 Å². The summed E-state index contributed by atoms with van der Waals surface area (Å²) >= 11 is 0. The molecule has 78 valence electrons. The Labute approximate surface area is 83.6 Å². The summed E-state index contributed by atoms with van der Waals surface area (Å²) in [5.74, 6) is 3.94. The number of carbonyl (C=O) groups excluding carboxylic acids is 2. The van der Waals surface area contributed by atoms with Crippen molar-refractivity contribution in [2.24, 2.45) is 0 Å². The van der Waals surface area contributed by atoms with Gasteiger partial charge >= 0.3 is 11.9 Å². The third kappa shape index (κ3) is 7.17. The number of esters is 2. The van der Waals surface area contributed by atoms with Gasteiger partial charge in [0.2, 0.25) is 0 Å². The van der Waals surface area contributed by atoms with E-state index in [-0.39, 0.29) is 12.4 Å². The molecule has 14 heavy (non-hydrogen) atoms. The molecular formula is C10H14O4. The van der Waals surface area contributed by atoms with Crippen LogP contribution in [0.1, 0.15) is 26.7 Å². The first kappa shape index (κ1) is 12.5. The van der Waals surface area contributed by atoms with Crippen molar-refractivity contribution >= 4 is 11.9 Å². The third-order valence-corrected chi connectivity index (χ3v) is 1.23. The normalized spacial score (nSPS) is 8.43. The summed E-state index contributed by atoms with van der Waals surface area (Å²) in [6.07, 6.45) is 0.526. The van der Waals surface area contributed by atoms with E-state index in [2.05, 4.69) is 21.3 Å². The van der Waals surface area contributed by atoms with Crippen LogP contribution in [0.2, 0.25) is 0 Å². The summed E-state index contributed by atoms with van der Waals surface area (Å²) in [6.45, 7) is 4.12. The van der Waals surface area contributed by atoms with E-state index in [0.717, 1.165) is 0 Å². The zero-order valence-electron chi connectivity index (χ0n) is 8.46. The summed E-state index contributed by atoms with van der Waals surface area (Å²) < 4.78 is 9.24. The van der Waals surface area contributed by atoms with E-state index in [0.29, 0.717) is 19.6 Å². The lowest BCUT2D eigenvalue weighted by Crippen LogP contribution is -2.03. The fourth-order valence-corrected chi connectivity index (χ4v) is 0.700. The zero-order valence-corrected chi connectivity index (χ0v) is 8.46. The van der Waals surface area contributed by atoms with Crippen LogP contribution in [-0.2, 0) is 19.1 Å². The number of carbonyl (C=O) groups is 2. The lowest BCUT2D eigenvalue weighted by atomic mass is 10.3. The van der Waals surface area contributed by atoms with Crippen LogP contribution in [0.3, 0.4) is 0 Å². The summed E-state index contributed by atoms with van der Waals surface area (Å²) in [6, 6.07) is 0. The Morgan fingerprint density at radius 3 is 2.36 bits per heavy atom. The van der Waals surface area contributed by atoms with E-state index in [1.807, 2.05) is 0 Å². The molecule has 0 spiro atoms. The summed E-state index contributed by atoms with van der Waals surface area (Å²) in [4.78, 5) is 21.5. The molecule has 0 fully saturated rings. The lowest BCUT2D eigenvalue weighted by Gasteiger charge is -1.96. The molecule has 0 aliphatic carbocycles. The maximum atomic E-state index is 10.8. The molecule has 0 bridgehead atoms. The monoisotopic (exact) mass is 198 g/mol. The van der Waals surface area contributed by atoms with Crippen LogP contribution in [0.4, 0.5) is 0 Å². The van der Waals surface area contributed by atoms with Gasteiger partial charge in [0.25, 0.3) is 0 Å². The van der Waals surface area contributed by atoms with Crippen molar-refractivity contribution in [2.75, 3.05) is 13.2 Å². The molecule has 0 amide bonds. The summed E-state index contributed by atoms with van der Waals surface area (Å²) in [5.41, 5.74) is 0. The Bertz CT molecular complexity index is 247. The van der Waals surface area contributed by atoms with Gasteiger partial charge in [-0.15, -0.1) is 0 Å². The third-order valence-electron chi connectivity index (χ3n) is 1.23. The van der Waals surface area contributed by atoms with Crippen molar-refractivity contribution in [3.63, 3.8) is 0 Å². The van der Waals surface area contributed by atoms with E-state index < -0.39 is 5.97 Å². The molecule has 0 aromatic heterocycles. The van der Waals surface area contributed by atoms with Crippen molar-refractivity contribution in [3.8, 4) is 11.8 Å². The van der Waals surface area contributed by atoms with E-state index in [4.69, 9.17) is 0 Å². The van der Waals surface area contributed by atoms with Crippen molar-refractivity contribution < 1.29 is 19.1 Å². The maximum Gasteiger partial charge on any atom is 0.384 e. The molecule has 0 heterocycles. The second kappa shape index (κ2) is 8.11. The van der Waals surface area contributed by atoms with Gasteiger partial charge in [-0.3, -0.25) is 4.79 Å². The predicted octanol–water partition coefficient (Wildman–Crippen LogP) is 0.896. The highest BCUT2D eigenvalue weighted by molar-refractivity contribution is 5.88. The van der Waals surface area contributed by atoms with Crippen LogP contribution in [0, 0.1) is 11.8 Å². The minimum absolute atomic E-state index is 0.209. The fourth-order valence-electron chi connectivity index (χ4n) is 0.700. The van der Waals surface area contributed by atoms with Gasteiger partial charge in [-0.2, -0.15) is 0 Å². The average Bonchev–Trinajstić information content (AvgIpc) is 2.13. The van der Waals surface area contributed by atoms with Crippen LogP contribution < -0.4 is 0 Å². The minimum atomic E-state index is -0.559. The summed E-state index contributed by atoms with van der Waals surface area (Å²) in [5, 5.41) is 0. The van der Waals surface area contributed by atoms with Crippen LogP contribution in [0.5, 0.6) is 0 Å². The zero-order chi connectivity index (χ0) is 10.8. The molecule has 0 N–H and O–H groups in total. The summed E-state index contributed by atoms with van der Waals surface area (Å²) in [7, 11) is 0. The molecule has 4 nitrogen and oxygen atoms in total. The first-order chi connectivity index (χ1) is 6.70. The molecule has 0 radical (unpaired) electrons. The second-order valence-corrected chi connectivity index (χ2v) is 2.33. The molecule has 0 aliphatic heterocycles. The SMILES string of the molecule is CCOC(=O)C#CCCC(=O)OCC. The molecule has 4 heteroatoms. The van der Waals surface area contributed by atoms with Crippen molar-refractivity contribution in [3.05, 3.63) is 0 Å². The topological polar surface area (TPSA) is 52.6 Å². The molecule has 0 aromatic carbocycles. The second-order valence-electron chi connectivity index (χ2n) is 2.33. The van der Waals surface area contributed by atoms with Gasteiger partial charge in [0.1, 0.15) is 0 Å². The smallest absolute Gasteiger partial charge is 0.384 e. The Morgan fingerprint density at radius 1 is 1.14 bits per heavy atom. The largest absolute Gasteiger partial charge is 0.466 e. The fraction of sp³-hybridized carbons (Fsp3) is 0.600. The molecule has 0 saturated carbocycles. The van der Waals surface area contributed by atoms with Crippen LogP contribution in [0.15, 0.2) is 0 Å². The molecular weight excluding hydrogens is 184 g/mol. The van der Waals surface area contributed by atoms with Gasteiger partial charge in [-0.05, 0) is 13.8 Å². The molecule has 0 atom stereocenters. The van der Waals surface area contributed by atoms with Gasteiger partial charge in [0.15, 0.2) is 0 Å². The maximum absolute atomic E-state index is 10.8. The first-order valence-electron chi connectivity index (χ1n) is 4.52. The molecule has 0 rings (SSSR count). The Balaban J connectivity index is 3.61. The van der Waals surface area contributed by atoms with Crippen molar-refractivity contribution in [1.82, 2.24) is 0 Å². The molecule has 0 aromatic rings. The van der Waals surface area contributed by atoms with Gasteiger partial charge < -0.3 is 9.47 Å². The highest BCUT2D eigenvalue weighted by Gasteiger charge is 1.98. The van der Waals surface area contributed by atoms with Crippen LogP contribution in [-0.4, -0.2) is 25.2 Å². The first-order valence-corrected chi connectivity index (χ1v) is 4.52. The predicted molar refractivity (Wildman–Crippen MR) is 50.3 cm³/mol. The van der Waals surface area contributed by atoms with Crippen molar-refractivity contribution in [1.29, 1.82) is 0 Å². The van der Waals surface area contributed by atoms with Crippen molar-refractivity contribution in [2.45, 2.75) is 26.7 Å². The number of rotatable bonds is 4. The Hall–Kier alpha value is -1.50. The highest BCUT2D eigenvalue weighted by Crippen LogP contribution is 1.90.